The number of oxime groups is 1. The number of hydrogen-bond acceptors (Lipinski definition) is 7. The number of nitro groups is 1. The molecule has 2 atom stereocenters. The molecule has 0 spiro atoms. The average molecular weight is 282 g/mol. The van der Waals surface area contributed by atoms with Gasteiger partial charge in [0.2, 0.25) is 0 Å². The van der Waals surface area contributed by atoms with Crippen LogP contribution in [0.5, 0.6) is 0 Å². The molecule has 0 bridgehead atoms. The zero-order valence-corrected chi connectivity index (χ0v) is 10.4. The van der Waals surface area contributed by atoms with E-state index in [9.17, 15) is 20.3 Å². The van der Waals surface area contributed by atoms with Crippen molar-refractivity contribution in [3.8, 4) is 0 Å². The highest BCUT2D eigenvalue weighted by molar-refractivity contribution is 6.02. The van der Waals surface area contributed by atoms with Crippen LogP contribution in [0.4, 0.5) is 11.4 Å². The van der Waals surface area contributed by atoms with Crippen LogP contribution in [0.3, 0.4) is 0 Å². The first-order valence-electron chi connectivity index (χ1n) is 5.81. The second kappa shape index (κ2) is 5.31. The molecule has 9 heteroatoms. The third kappa shape index (κ3) is 2.49. The van der Waals surface area contributed by atoms with Crippen molar-refractivity contribution in [3.63, 3.8) is 0 Å². The van der Waals surface area contributed by atoms with E-state index in [0.29, 0.717) is 5.69 Å². The van der Waals surface area contributed by atoms with Crippen molar-refractivity contribution < 1.29 is 20.3 Å². The number of aliphatic hydroxyl groups is 2. The molecule has 5 N–H and O–H groups in total. The van der Waals surface area contributed by atoms with Gasteiger partial charge in [-0.05, 0) is 6.07 Å². The number of hydrogen-bond donors (Lipinski definition) is 4. The van der Waals surface area contributed by atoms with Crippen LogP contribution in [-0.2, 0) is 0 Å². The summed E-state index contributed by atoms with van der Waals surface area (Å²) in [6, 6.07) is 3.90. The van der Waals surface area contributed by atoms with E-state index in [-0.39, 0.29) is 30.2 Å². The Morgan fingerprint density at radius 1 is 1.40 bits per heavy atom. The Morgan fingerprint density at radius 2 is 2.00 bits per heavy atom. The molecule has 0 saturated carbocycles. The van der Waals surface area contributed by atoms with Crippen molar-refractivity contribution in [1.29, 1.82) is 0 Å². The molecule has 2 unspecified atom stereocenters. The minimum absolute atomic E-state index is 0.157. The summed E-state index contributed by atoms with van der Waals surface area (Å²) in [4.78, 5) is 11.8. The molecular weight excluding hydrogens is 268 g/mol. The summed E-state index contributed by atoms with van der Waals surface area (Å²) in [6.07, 6.45) is -1.82. The third-order valence-electron chi connectivity index (χ3n) is 3.17. The predicted molar refractivity (Wildman–Crippen MR) is 69.8 cm³/mol. The number of β-amino-alcohol motifs (C(OH)–C–C–N with tert-alkyl or cyclic N) is 2. The van der Waals surface area contributed by atoms with E-state index in [1.165, 1.54) is 18.2 Å². The highest BCUT2D eigenvalue weighted by Gasteiger charge is 2.31. The smallest absolute Gasteiger partial charge is 0.270 e. The van der Waals surface area contributed by atoms with Crippen LogP contribution in [0.2, 0.25) is 0 Å². The maximum atomic E-state index is 10.8. The lowest BCUT2D eigenvalue weighted by Crippen LogP contribution is -2.25. The fourth-order valence-electron chi connectivity index (χ4n) is 2.14. The highest BCUT2D eigenvalue weighted by atomic mass is 16.6. The molecule has 2 rings (SSSR count). The Morgan fingerprint density at radius 3 is 2.50 bits per heavy atom. The molecule has 1 saturated heterocycles. The van der Waals surface area contributed by atoms with Gasteiger partial charge in [0, 0.05) is 30.9 Å². The molecule has 1 aliphatic rings. The van der Waals surface area contributed by atoms with Gasteiger partial charge in [0.15, 0.2) is 5.84 Å². The molecule has 0 radical (unpaired) electrons. The molecule has 0 amide bonds. The van der Waals surface area contributed by atoms with Gasteiger partial charge in [0.25, 0.3) is 5.69 Å². The fourth-order valence-corrected chi connectivity index (χ4v) is 2.14. The van der Waals surface area contributed by atoms with Crippen molar-refractivity contribution in [2.75, 3.05) is 18.0 Å². The van der Waals surface area contributed by atoms with E-state index in [0.717, 1.165) is 0 Å². The third-order valence-corrected chi connectivity index (χ3v) is 3.17. The van der Waals surface area contributed by atoms with Crippen LogP contribution in [0, 0.1) is 10.1 Å². The summed E-state index contributed by atoms with van der Waals surface area (Å²) < 4.78 is 0. The SMILES string of the molecule is N/C(=N/O)c1cc([N+](=O)[O-])ccc1N1CC(O)C(O)C1. The van der Waals surface area contributed by atoms with E-state index in [1.54, 1.807) is 4.90 Å². The van der Waals surface area contributed by atoms with Crippen LogP contribution in [0.15, 0.2) is 23.4 Å². The molecule has 1 aliphatic heterocycles. The summed E-state index contributed by atoms with van der Waals surface area (Å²) >= 11 is 0. The maximum Gasteiger partial charge on any atom is 0.270 e. The van der Waals surface area contributed by atoms with Gasteiger partial charge in [0.05, 0.1) is 22.7 Å². The average Bonchev–Trinajstić information content (AvgIpc) is 2.77. The number of amidine groups is 1. The van der Waals surface area contributed by atoms with E-state index >= 15 is 0 Å². The topological polar surface area (TPSA) is 145 Å². The Bertz CT molecular complexity index is 552. The first kappa shape index (κ1) is 14.0. The molecular formula is C11H14N4O5. The summed E-state index contributed by atoms with van der Waals surface area (Å²) in [5.41, 5.74) is 5.94. The Labute approximate surface area is 113 Å². The number of aliphatic hydroxyl groups excluding tert-OH is 2. The van der Waals surface area contributed by atoms with Crippen molar-refractivity contribution in [2.24, 2.45) is 10.9 Å². The number of rotatable bonds is 3. The van der Waals surface area contributed by atoms with Crippen molar-refractivity contribution in [3.05, 3.63) is 33.9 Å². The summed E-state index contributed by atoms with van der Waals surface area (Å²) in [6.45, 7) is 0.315. The van der Waals surface area contributed by atoms with Gasteiger partial charge >= 0.3 is 0 Å². The van der Waals surface area contributed by atoms with Gasteiger partial charge in [-0.2, -0.15) is 0 Å². The predicted octanol–water partition coefficient (Wildman–Crippen LogP) is -0.769. The van der Waals surface area contributed by atoms with Crippen LogP contribution in [0.1, 0.15) is 5.56 Å². The van der Waals surface area contributed by atoms with E-state index in [2.05, 4.69) is 5.16 Å². The number of non-ortho nitro benzene ring substituents is 1. The summed E-state index contributed by atoms with van der Waals surface area (Å²) in [5, 5.41) is 41.5. The second-order valence-electron chi connectivity index (χ2n) is 4.48. The summed E-state index contributed by atoms with van der Waals surface area (Å²) in [7, 11) is 0. The van der Waals surface area contributed by atoms with Crippen LogP contribution >= 0.6 is 0 Å². The molecule has 1 heterocycles. The minimum Gasteiger partial charge on any atom is -0.409 e. The lowest BCUT2D eigenvalue weighted by Gasteiger charge is -2.20. The number of nitro benzene ring substituents is 1. The Balaban J connectivity index is 2.45. The molecule has 1 aromatic carbocycles. The number of anilines is 1. The molecule has 1 fully saturated rings. The standard InChI is InChI=1S/C11H14N4O5/c12-11(13-18)7-3-6(15(19)20)1-2-8(7)14-4-9(16)10(17)5-14/h1-3,9-10,16-18H,4-5H2,(H2,12,13). The molecule has 0 aromatic heterocycles. The van der Waals surface area contributed by atoms with Gasteiger partial charge < -0.3 is 26.1 Å². The van der Waals surface area contributed by atoms with Crippen LogP contribution < -0.4 is 10.6 Å². The van der Waals surface area contributed by atoms with Crippen molar-refractivity contribution in [1.82, 2.24) is 0 Å². The zero-order valence-electron chi connectivity index (χ0n) is 10.4. The van der Waals surface area contributed by atoms with E-state index in [1.807, 2.05) is 0 Å². The monoisotopic (exact) mass is 282 g/mol. The normalized spacial score (nSPS) is 23.1. The molecule has 9 nitrogen and oxygen atoms in total. The van der Waals surface area contributed by atoms with Gasteiger partial charge in [0.1, 0.15) is 0 Å². The fraction of sp³-hybridized carbons (Fsp3) is 0.364. The second-order valence-corrected chi connectivity index (χ2v) is 4.48. The van der Waals surface area contributed by atoms with Crippen LogP contribution in [-0.4, -0.2) is 51.5 Å². The van der Waals surface area contributed by atoms with E-state index in [4.69, 9.17) is 10.9 Å². The first-order chi connectivity index (χ1) is 9.43. The molecule has 20 heavy (non-hydrogen) atoms. The van der Waals surface area contributed by atoms with Crippen LogP contribution in [0.25, 0.3) is 0 Å². The van der Waals surface area contributed by atoms with Gasteiger partial charge in [-0.25, -0.2) is 0 Å². The molecule has 0 aliphatic carbocycles. The highest BCUT2D eigenvalue weighted by Crippen LogP contribution is 2.28. The first-order valence-corrected chi connectivity index (χ1v) is 5.81. The quantitative estimate of drug-likeness (QED) is 0.187. The van der Waals surface area contributed by atoms with Gasteiger partial charge in [-0.1, -0.05) is 5.16 Å². The molecule has 108 valence electrons. The zero-order chi connectivity index (χ0) is 14.9. The van der Waals surface area contributed by atoms with Gasteiger partial charge in [-0.3, -0.25) is 10.1 Å². The number of nitrogens with zero attached hydrogens (tertiary/aromatic N) is 3. The minimum atomic E-state index is -0.912. The largest absolute Gasteiger partial charge is 0.409 e. The molecule has 1 aromatic rings. The summed E-state index contributed by atoms with van der Waals surface area (Å²) in [5.74, 6) is -0.278. The van der Waals surface area contributed by atoms with Gasteiger partial charge in [-0.15, -0.1) is 0 Å². The Hall–Kier alpha value is -2.39. The lowest BCUT2D eigenvalue weighted by molar-refractivity contribution is -0.384. The number of nitrogens with two attached hydrogens (primary N) is 1. The van der Waals surface area contributed by atoms with Crippen molar-refractivity contribution >= 4 is 17.2 Å². The lowest BCUT2D eigenvalue weighted by atomic mass is 10.1. The van der Waals surface area contributed by atoms with Crippen molar-refractivity contribution in [2.45, 2.75) is 12.2 Å². The maximum absolute atomic E-state index is 10.8. The Kier molecular flexibility index (Phi) is 3.72. The van der Waals surface area contributed by atoms with E-state index < -0.39 is 17.1 Å². The number of benzene rings is 1.